The molecular formula is C21H21F3N4O2. The minimum atomic E-state index is -4.64. The molecule has 3 N–H and O–H groups in total. The number of amidine groups is 1. The summed E-state index contributed by atoms with van der Waals surface area (Å²) in [4.78, 5) is 4.60. The van der Waals surface area contributed by atoms with Crippen LogP contribution < -0.4 is 10.5 Å². The number of allylic oxidation sites excluding steroid dienone is 1. The molecule has 1 heterocycles. The Morgan fingerprint density at radius 2 is 2.03 bits per heavy atom. The van der Waals surface area contributed by atoms with Crippen molar-refractivity contribution < 1.29 is 23.1 Å². The average Bonchev–Trinajstić information content (AvgIpc) is 3.08. The number of nitrogens with zero attached hydrogens (tertiary/aromatic N) is 3. The van der Waals surface area contributed by atoms with Crippen LogP contribution in [0.4, 0.5) is 13.2 Å². The van der Waals surface area contributed by atoms with E-state index in [9.17, 15) is 13.2 Å². The molecule has 2 aromatic carbocycles. The van der Waals surface area contributed by atoms with Crippen molar-refractivity contribution in [3.05, 3.63) is 72.1 Å². The Bertz CT molecular complexity index is 1070. The number of aromatic nitrogens is 2. The van der Waals surface area contributed by atoms with E-state index in [1.165, 1.54) is 12.1 Å². The molecule has 0 bridgehead atoms. The van der Waals surface area contributed by atoms with Gasteiger partial charge in [-0.3, -0.25) is 0 Å². The number of benzene rings is 2. The fourth-order valence-electron chi connectivity index (χ4n) is 3.16. The molecule has 0 saturated heterocycles. The zero-order chi connectivity index (χ0) is 21.7. The van der Waals surface area contributed by atoms with Crippen LogP contribution in [0, 0.1) is 0 Å². The zero-order valence-electron chi connectivity index (χ0n) is 16.1. The predicted molar refractivity (Wildman–Crippen MR) is 108 cm³/mol. The normalized spacial score (nSPS) is 12.3. The molecule has 0 fully saturated rings. The van der Waals surface area contributed by atoms with Crippen LogP contribution in [0.1, 0.15) is 23.4 Å². The number of para-hydroxylation sites is 2. The van der Waals surface area contributed by atoms with Gasteiger partial charge in [0.1, 0.15) is 11.6 Å². The lowest BCUT2D eigenvalue weighted by atomic mass is 10.1. The number of nitrogens with two attached hydrogens (primary N) is 1. The van der Waals surface area contributed by atoms with Crippen LogP contribution >= 0.6 is 0 Å². The second kappa shape index (κ2) is 8.89. The monoisotopic (exact) mass is 418 g/mol. The molecule has 1 aromatic heterocycles. The second-order valence-electron chi connectivity index (χ2n) is 6.56. The van der Waals surface area contributed by atoms with Crippen molar-refractivity contribution in [1.29, 1.82) is 0 Å². The Morgan fingerprint density at radius 1 is 1.27 bits per heavy atom. The maximum Gasteiger partial charge on any atom is 0.419 e. The maximum atomic E-state index is 13.4. The van der Waals surface area contributed by atoms with Crippen molar-refractivity contribution >= 4 is 16.9 Å². The summed E-state index contributed by atoms with van der Waals surface area (Å²) in [7, 11) is 0. The molecule has 0 spiro atoms. The average molecular weight is 418 g/mol. The third kappa shape index (κ3) is 4.56. The van der Waals surface area contributed by atoms with Crippen LogP contribution in [0.15, 0.2) is 60.3 Å². The summed E-state index contributed by atoms with van der Waals surface area (Å²) in [6, 6.07) is 11.0. The Labute approximate surface area is 171 Å². The van der Waals surface area contributed by atoms with Crippen LogP contribution in [0.5, 0.6) is 5.75 Å². The summed E-state index contributed by atoms with van der Waals surface area (Å²) in [5, 5.41) is 11.4. The van der Waals surface area contributed by atoms with Gasteiger partial charge in [0.05, 0.1) is 23.2 Å². The number of imidazole rings is 1. The van der Waals surface area contributed by atoms with E-state index in [1.807, 2.05) is 28.8 Å². The van der Waals surface area contributed by atoms with Crippen molar-refractivity contribution in [2.24, 2.45) is 10.9 Å². The molecule has 30 heavy (non-hydrogen) atoms. The fraction of sp³-hybridized carbons (Fsp3) is 0.238. The smallest absolute Gasteiger partial charge is 0.419 e. The number of rotatable bonds is 8. The quantitative estimate of drug-likeness (QED) is 0.142. The van der Waals surface area contributed by atoms with Crippen LogP contribution in [-0.4, -0.2) is 27.2 Å². The standard InChI is InChI=1S/C21H21F3N4O2/c1-2-11-28-17-7-4-3-6-16(17)26-19(28)8-5-12-30-18-10-9-14(20(25)27-29)13-15(18)21(22,23)24/h2-4,6-7,9-10,13,29H,1,5,8,11-12H2,(H2,25,27). The van der Waals surface area contributed by atoms with E-state index in [-0.39, 0.29) is 17.9 Å². The third-order valence-electron chi connectivity index (χ3n) is 4.54. The maximum absolute atomic E-state index is 13.4. The van der Waals surface area contributed by atoms with Crippen molar-refractivity contribution in [2.75, 3.05) is 6.61 Å². The number of hydrogen-bond acceptors (Lipinski definition) is 4. The number of oxime groups is 1. The Balaban J connectivity index is 1.72. The van der Waals surface area contributed by atoms with E-state index in [4.69, 9.17) is 15.7 Å². The molecule has 0 aliphatic carbocycles. The van der Waals surface area contributed by atoms with Crippen LogP contribution in [0.25, 0.3) is 11.0 Å². The molecule has 0 aliphatic rings. The summed E-state index contributed by atoms with van der Waals surface area (Å²) in [5.41, 5.74) is 6.19. The Morgan fingerprint density at radius 3 is 2.73 bits per heavy atom. The first-order chi connectivity index (χ1) is 14.3. The molecule has 0 unspecified atom stereocenters. The number of hydrogen-bond donors (Lipinski definition) is 2. The first-order valence-electron chi connectivity index (χ1n) is 9.22. The number of ether oxygens (including phenoxy) is 1. The van der Waals surface area contributed by atoms with Gasteiger partial charge in [0.25, 0.3) is 0 Å². The molecule has 0 saturated carbocycles. The van der Waals surface area contributed by atoms with Gasteiger partial charge in [-0.1, -0.05) is 23.4 Å². The van der Waals surface area contributed by atoms with E-state index >= 15 is 0 Å². The molecule has 9 heteroatoms. The highest BCUT2D eigenvalue weighted by Gasteiger charge is 2.35. The van der Waals surface area contributed by atoms with Gasteiger partial charge in [0.2, 0.25) is 0 Å². The summed E-state index contributed by atoms with van der Waals surface area (Å²) >= 11 is 0. The van der Waals surface area contributed by atoms with E-state index in [0.717, 1.165) is 22.9 Å². The SMILES string of the molecule is C=CCn1c(CCCOc2ccc(/C(N)=N/O)cc2C(F)(F)F)nc2ccccc21. The van der Waals surface area contributed by atoms with Gasteiger partial charge in [0, 0.05) is 18.5 Å². The van der Waals surface area contributed by atoms with E-state index in [2.05, 4.69) is 16.7 Å². The van der Waals surface area contributed by atoms with E-state index < -0.39 is 17.6 Å². The van der Waals surface area contributed by atoms with Gasteiger partial charge < -0.3 is 20.2 Å². The topological polar surface area (TPSA) is 85.7 Å². The molecule has 3 aromatic rings. The van der Waals surface area contributed by atoms with E-state index in [0.29, 0.717) is 19.4 Å². The number of halogens is 3. The highest BCUT2D eigenvalue weighted by Crippen LogP contribution is 2.37. The zero-order valence-corrected chi connectivity index (χ0v) is 16.1. The Kier molecular flexibility index (Phi) is 6.29. The first-order valence-corrected chi connectivity index (χ1v) is 9.22. The second-order valence-corrected chi connectivity index (χ2v) is 6.56. The van der Waals surface area contributed by atoms with Gasteiger partial charge in [-0.05, 0) is 36.8 Å². The molecule has 3 rings (SSSR count). The van der Waals surface area contributed by atoms with Crippen molar-refractivity contribution in [3.8, 4) is 5.75 Å². The minimum absolute atomic E-state index is 0.0460. The van der Waals surface area contributed by atoms with Crippen molar-refractivity contribution in [1.82, 2.24) is 9.55 Å². The minimum Gasteiger partial charge on any atom is -0.493 e. The van der Waals surface area contributed by atoms with Gasteiger partial charge in [0.15, 0.2) is 5.84 Å². The first kappa shape index (κ1) is 21.2. The lowest BCUT2D eigenvalue weighted by Crippen LogP contribution is -2.16. The summed E-state index contributed by atoms with van der Waals surface area (Å²) in [6.07, 6.45) is -1.86. The highest BCUT2D eigenvalue weighted by molar-refractivity contribution is 5.97. The van der Waals surface area contributed by atoms with Crippen LogP contribution in [0.3, 0.4) is 0 Å². The molecule has 158 valence electrons. The fourth-order valence-corrected chi connectivity index (χ4v) is 3.16. The molecule has 0 amide bonds. The molecule has 0 atom stereocenters. The lowest BCUT2D eigenvalue weighted by molar-refractivity contribution is -0.139. The third-order valence-corrected chi connectivity index (χ3v) is 4.54. The van der Waals surface area contributed by atoms with Gasteiger partial charge in [-0.2, -0.15) is 13.2 Å². The van der Waals surface area contributed by atoms with Gasteiger partial charge in [-0.15, -0.1) is 6.58 Å². The predicted octanol–water partition coefficient (Wildman–Crippen LogP) is 4.35. The molecule has 0 aliphatic heterocycles. The van der Waals surface area contributed by atoms with Crippen molar-refractivity contribution in [3.63, 3.8) is 0 Å². The summed E-state index contributed by atoms with van der Waals surface area (Å²) in [6.45, 7) is 4.43. The summed E-state index contributed by atoms with van der Waals surface area (Å²) in [5.74, 6) is 0.0998. The largest absolute Gasteiger partial charge is 0.493 e. The highest BCUT2D eigenvalue weighted by atomic mass is 19.4. The van der Waals surface area contributed by atoms with Crippen molar-refractivity contribution in [2.45, 2.75) is 25.6 Å². The lowest BCUT2D eigenvalue weighted by Gasteiger charge is -2.15. The number of aryl methyl sites for hydroxylation is 1. The van der Waals surface area contributed by atoms with Crippen LogP contribution in [-0.2, 0) is 19.1 Å². The number of alkyl halides is 3. The van der Waals surface area contributed by atoms with Gasteiger partial charge in [-0.25, -0.2) is 4.98 Å². The molecule has 0 radical (unpaired) electrons. The van der Waals surface area contributed by atoms with Crippen LogP contribution in [0.2, 0.25) is 0 Å². The Hall–Kier alpha value is -3.49. The molecule has 6 nitrogen and oxygen atoms in total. The molecular weight excluding hydrogens is 397 g/mol. The van der Waals surface area contributed by atoms with E-state index in [1.54, 1.807) is 6.08 Å². The van der Waals surface area contributed by atoms with Gasteiger partial charge >= 0.3 is 6.18 Å². The number of fused-ring (bicyclic) bond motifs is 1. The summed E-state index contributed by atoms with van der Waals surface area (Å²) < 4.78 is 47.6.